The second-order valence-electron chi connectivity index (χ2n) is 7.78. The second-order valence-corrected chi connectivity index (χ2v) is 7.78. The highest BCUT2D eigenvalue weighted by Gasteiger charge is 2.21. The van der Waals surface area contributed by atoms with Crippen molar-refractivity contribution in [2.45, 2.75) is 0 Å². The van der Waals surface area contributed by atoms with E-state index in [1.807, 2.05) is 68.0 Å². The quantitative estimate of drug-likeness (QED) is 0.475. The van der Waals surface area contributed by atoms with Gasteiger partial charge in [-0.1, -0.05) is 30.3 Å². The predicted molar refractivity (Wildman–Crippen MR) is 122 cm³/mol. The molecule has 1 aromatic carbocycles. The second kappa shape index (κ2) is 7.61. The number of hydrogen-bond acceptors (Lipinski definition) is 6. The van der Waals surface area contributed by atoms with E-state index >= 15 is 0 Å². The number of aromatic nitrogens is 7. The number of morpholine rings is 1. The number of nitrogens with zero attached hydrogens (tertiary/aromatic N) is 7. The maximum Gasteiger partial charge on any atom is 0.253 e. The molecule has 1 fully saturated rings. The Morgan fingerprint density at radius 3 is 2.50 bits per heavy atom. The van der Waals surface area contributed by atoms with Gasteiger partial charge in [0, 0.05) is 38.1 Å². The Kier molecular flexibility index (Phi) is 4.46. The van der Waals surface area contributed by atoms with Gasteiger partial charge < -0.3 is 14.6 Å². The number of ether oxygens (including phenoxy) is 1. The van der Waals surface area contributed by atoms with Crippen molar-refractivity contribution in [3.05, 3.63) is 60.9 Å². The largest absolute Gasteiger partial charge is 0.378 e. The monoisotopic (exact) mass is 426 g/mol. The lowest BCUT2D eigenvalue weighted by Crippen LogP contribution is -2.37. The first-order valence-corrected chi connectivity index (χ1v) is 10.6. The van der Waals surface area contributed by atoms with E-state index in [-0.39, 0.29) is 0 Å². The molecular weight excluding hydrogens is 404 g/mol. The van der Waals surface area contributed by atoms with E-state index in [2.05, 4.69) is 15.0 Å². The Hall–Kier alpha value is -3.98. The van der Waals surface area contributed by atoms with E-state index in [0.717, 1.165) is 52.6 Å². The number of H-pyrrole nitrogens is 1. The summed E-state index contributed by atoms with van der Waals surface area (Å²) in [7, 11) is 1.91. The van der Waals surface area contributed by atoms with Crippen LogP contribution in [0.25, 0.3) is 39.6 Å². The van der Waals surface area contributed by atoms with Crippen LogP contribution in [0.4, 0.5) is 5.82 Å². The van der Waals surface area contributed by atoms with Crippen LogP contribution in [0.2, 0.25) is 0 Å². The third kappa shape index (κ3) is 3.32. The normalized spacial score (nSPS) is 14.3. The molecule has 1 saturated heterocycles. The van der Waals surface area contributed by atoms with Crippen molar-refractivity contribution in [1.29, 1.82) is 0 Å². The van der Waals surface area contributed by atoms with Crippen molar-refractivity contribution in [2.75, 3.05) is 31.2 Å². The lowest BCUT2D eigenvalue weighted by Gasteiger charge is -2.28. The fourth-order valence-electron chi connectivity index (χ4n) is 3.99. The van der Waals surface area contributed by atoms with Crippen LogP contribution >= 0.6 is 0 Å². The Bertz CT molecular complexity index is 1380. The molecule has 1 aliphatic heterocycles. The molecule has 9 nitrogen and oxygen atoms in total. The molecule has 160 valence electrons. The van der Waals surface area contributed by atoms with Gasteiger partial charge in [0.1, 0.15) is 11.2 Å². The smallest absolute Gasteiger partial charge is 0.253 e. The molecule has 0 atom stereocenters. The fraction of sp³-hybridized carbons (Fsp3) is 0.217. The van der Waals surface area contributed by atoms with Crippen molar-refractivity contribution >= 4 is 16.9 Å². The highest BCUT2D eigenvalue weighted by molar-refractivity contribution is 5.91. The summed E-state index contributed by atoms with van der Waals surface area (Å²) in [6.07, 6.45) is 3.83. The Labute approximate surface area is 184 Å². The summed E-state index contributed by atoms with van der Waals surface area (Å²) < 4.78 is 9.07. The Morgan fingerprint density at radius 2 is 1.72 bits per heavy atom. The van der Waals surface area contributed by atoms with E-state index in [1.54, 1.807) is 9.36 Å². The summed E-state index contributed by atoms with van der Waals surface area (Å²) in [6, 6.07) is 16.1. The molecule has 0 bridgehead atoms. The molecule has 0 unspecified atom stereocenters. The lowest BCUT2D eigenvalue weighted by atomic mass is 10.2. The first-order chi connectivity index (χ1) is 15.7. The van der Waals surface area contributed by atoms with Gasteiger partial charge in [-0.15, -0.1) is 0 Å². The van der Waals surface area contributed by atoms with Gasteiger partial charge in [-0.2, -0.15) is 15.2 Å². The van der Waals surface area contributed by atoms with Crippen LogP contribution in [0.5, 0.6) is 0 Å². The van der Waals surface area contributed by atoms with Crippen LogP contribution in [0.3, 0.4) is 0 Å². The number of anilines is 1. The molecule has 1 aliphatic rings. The van der Waals surface area contributed by atoms with E-state index in [4.69, 9.17) is 19.8 Å². The van der Waals surface area contributed by atoms with E-state index < -0.39 is 0 Å². The van der Waals surface area contributed by atoms with Crippen LogP contribution in [0.15, 0.2) is 60.9 Å². The zero-order valence-corrected chi connectivity index (χ0v) is 17.6. The van der Waals surface area contributed by atoms with Gasteiger partial charge in [-0.25, -0.2) is 9.67 Å². The van der Waals surface area contributed by atoms with Gasteiger partial charge in [-0.05, 0) is 18.2 Å². The highest BCUT2D eigenvalue weighted by atomic mass is 16.5. The summed E-state index contributed by atoms with van der Waals surface area (Å²) in [6.45, 7) is 2.90. The summed E-state index contributed by atoms with van der Waals surface area (Å²) in [4.78, 5) is 15.5. The molecular formula is C23H22N8O. The zero-order valence-electron chi connectivity index (χ0n) is 17.6. The Balaban J connectivity index is 1.47. The number of benzene rings is 1. The van der Waals surface area contributed by atoms with Crippen LogP contribution in [0.1, 0.15) is 0 Å². The summed E-state index contributed by atoms with van der Waals surface area (Å²) >= 11 is 0. The van der Waals surface area contributed by atoms with Gasteiger partial charge in [0.2, 0.25) is 0 Å². The third-order valence-electron chi connectivity index (χ3n) is 5.61. The van der Waals surface area contributed by atoms with Gasteiger partial charge in [0.05, 0.1) is 30.1 Å². The first-order valence-electron chi connectivity index (χ1n) is 10.6. The standard InChI is InChI=1S/C23H22N8O/c1-29-9-7-18(27-29)19-15-20-21(24-19)22(30-11-13-32-14-12-30)26-23(25-20)31-10-8-17(28-31)16-5-3-2-4-6-16/h2-10,15,24H,11-14H2,1H3. The molecule has 6 rings (SSSR count). The summed E-state index contributed by atoms with van der Waals surface area (Å²) in [5.41, 5.74) is 5.43. The van der Waals surface area contributed by atoms with Crippen LogP contribution < -0.4 is 4.90 Å². The lowest BCUT2D eigenvalue weighted by molar-refractivity contribution is 0.122. The van der Waals surface area contributed by atoms with E-state index in [9.17, 15) is 0 Å². The number of aromatic amines is 1. The van der Waals surface area contributed by atoms with Crippen molar-refractivity contribution in [2.24, 2.45) is 7.05 Å². The topological polar surface area (TPSA) is 89.7 Å². The number of nitrogens with one attached hydrogen (secondary N) is 1. The number of fused-ring (bicyclic) bond motifs is 1. The van der Waals surface area contributed by atoms with Crippen molar-refractivity contribution < 1.29 is 4.74 Å². The van der Waals surface area contributed by atoms with Gasteiger partial charge in [0.15, 0.2) is 5.82 Å². The zero-order chi connectivity index (χ0) is 21.5. The molecule has 1 N–H and O–H groups in total. The minimum absolute atomic E-state index is 0.535. The van der Waals surface area contributed by atoms with Gasteiger partial charge >= 0.3 is 0 Å². The van der Waals surface area contributed by atoms with Gasteiger partial charge in [-0.3, -0.25) is 4.68 Å². The molecule has 5 heterocycles. The number of hydrogen-bond donors (Lipinski definition) is 1. The molecule has 0 radical (unpaired) electrons. The van der Waals surface area contributed by atoms with E-state index in [0.29, 0.717) is 19.2 Å². The van der Waals surface area contributed by atoms with Gasteiger partial charge in [0.25, 0.3) is 5.95 Å². The average molecular weight is 426 g/mol. The minimum Gasteiger partial charge on any atom is -0.378 e. The molecule has 0 aliphatic carbocycles. The van der Waals surface area contributed by atoms with Crippen molar-refractivity contribution in [3.8, 4) is 28.6 Å². The number of rotatable bonds is 4. The molecule has 9 heteroatoms. The van der Waals surface area contributed by atoms with Crippen molar-refractivity contribution in [3.63, 3.8) is 0 Å². The highest BCUT2D eigenvalue weighted by Crippen LogP contribution is 2.29. The minimum atomic E-state index is 0.535. The average Bonchev–Trinajstić information content (AvgIpc) is 3.59. The third-order valence-corrected chi connectivity index (χ3v) is 5.61. The van der Waals surface area contributed by atoms with Crippen LogP contribution in [0, 0.1) is 0 Å². The molecule has 0 saturated carbocycles. The fourth-order valence-corrected chi connectivity index (χ4v) is 3.99. The maximum absolute atomic E-state index is 5.55. The molecule has 0 amide bonds. The molecule has 32 heavy (non-hydrogen) atoms. The first kappa shape index (κ1) is 18.8. The van der Waals surface area contributed by atoms with Crippen LogP contribution in [-0.4, -0.2) is 60.8 Å². The predicted octanol–water partition coefficient (Wildman–Crippen LogP) is 3.05. The molecule has 0 spiro atoms. The van der Waals surface area contributed by atoms with Crippen molar-refractivity contribution in [1.82, 2.24) is 34.5 Å². The summed E-state index contributed by atoms with van der Waals surface area (Å²) in [5, 5.41) is 9.26. The number of aryl methyl sites for hydroxylation is 1. The Morgan fingerprint density at radius 1 is 0.906 bits per heavy atom. The van der Waals surface area contributed by atoms with E-state index in [1.165, 1.54) is 0 Å². The SMILES string of the molecule is Cn1ccc(-c2cc3nc(-n4ccc(-c5ccccc5)n4)nc(N4CCOCC4)c3[nH]2)n1. The summed E-state index contributed by atoms with van der Waals surface area (Å²) in [5.74, 6) is 1.39. The molecule has 5 aromatic rings. The maximum atomic E-state index is 5.55. The van der Waals surface area contributed by atoms with Crippen LogP contribution in [-0.2, 0) is 11.8 Å². The molecule has 4 aromatic heterocycles.